The van der Waals surface area contributed by atoms with Crippen LogP contribution in [0.3, 0.4) is 0 Å². The molecule has 84 valence electrons. The highest BCUT2D eigenvalue weighted by atomic mass is 16.4. The van der Waals surface area contributed by atoms with Crippen molar-refractivity contribution in [2.75, 3.05) is 0 Å². The normalized spacial score (nSPS) is 12.8. The summed E-state index contributed by atoms with van der Waals surface area (Å²) in [5.74, 6) is -0.883. The highest BCUT2D eigenvalue weighted by molar-refractivity contribution is 5.85. The largest absolute Gasteiger partial charge is 0.508 e. The molecular formula is C11H12N2O3. The quantitative estimate of drug-likeness (QED) is 0.614. The van der Waals surface area contributed by atoms with Crippen LogP contribution in [0.5, 0.6) is 5.75 Å². The number of hydrogen-bond donors (Lipinski definition) is 4. The van der Waals surface area contributed by atoms with Crippen molar-refractivity contribution in [1.29, 1.82) is 0 Å². The third kappa shape index (κ3) is 1.85. The molecule has 0 saturated heterocycles. The van der Waals surface area contributed by atoms with Crippen molar-refractivity contribution >= 4 is 16.9 Å². The van der Waals surface area contributed by atoms with E-state index < -0.39 is 12.0 Å². The van der Waals surface area contributed by atoms with E-state index in [1.54, 1.807) is 24.4 Å². The maximum atomic E-state index is 10.6. The second-order valence-corrected chi connectivity index (χ2v) is 3.69. The minimum atomic E-state index is -1.03. The van der Waals surface area contributed by atoms with Crippen LogP contribution < -0.4 is 5.73 Å². The van der Waals surface area contributed by atoms with E-state index >= 15 is 0 Å². The van der Waals surface area contributed by atoms with Gasteiger partial charge in [-0.25, -0.2) is 0 Å². The van der Waals surface area contributed by atoms with Gasteiger partial charge >= 0.3 is 5.97 Å². The average Bonchev–Trinajstić information content (AvgIpc) is 2.61. The third-order valence-corrected chi connectivity index (χ3v) is 2.51. The van der Waals surface area contributed by atoms with Crippen molar-refractivity contribution in [1.82, 2.24) is 4.98 Å². The van der Waals surface area contributed by atoms with Gasteiger partial charge in [-0.1, -0.05) is 0 Å². The number of H-pyrrole nitrogens is 1. The van der Waals surface area contributed by atoms with Crippen LogP contribution in [0.1, 0.15) is 5.56 Å². The highest BCUT2D eigenvalue weighted by Crippen LogP contribution is 2.23. The zero-order valence-corrected chi connectivity index (χ0v) is 8.47. The first-order valence-electron chi connectivity index (χ1n) is 4.85. The number of benzene rings is 1. The standard InChI is InChI=1S/C11H12N2O3/c12-9(11(15)16)3-6-5-13-10-2-1-7(14)4-8(6)10/h1-2,4-5,9,13-14H,3,12H2,(H,15,16)/t9-/m1/s1/i3-1. The van der Waals surface area contributed by atoms with Crippen molar-refractivity contribution < 1.29 is 15.0 Å². The fourth-order valence-electron chi connectivity index (χ4n) is 1.66. The Kier molecular flexibility index (Phi) is 2.54. The van der Waals surface area contributed by atoms with Gasteiger partial charge in [-0.2, -0.15) is 0 Å². The Balaban J connectivity index is 2.37. The molecule has 0 aliphatic heterocycles. The Bertz CT molecular complexity index is 533. The number of aromatic nitrogens is 1. The van der Waals surface area contributed by atoms with Gasteiger partial charge in [0.25, 0.3) is 0 Å². The van der Waals surface area contributed by atoms with E-state index in [4.69, 9.17) is 10.8 Å². The number of carboxylic acid groups (broad SMARTS) is 1. The van der Waals surface area contributed by atoms with Crippen LogP contribution in [0.15, 0.2) is 24.4 Å². The number of aromatic hydroxyl groups is 1. The van der Waals surface area contributed by atoms with Crippen molar-refractivity contribution in [3.8, 4) is 5.75 Å². The monoisotopic (exact) mass is 219 g/mol. The maximum absolute atomic E-state index is 10.6. The van der Waals surface area contributed by atoms with Crippen LogP contribution in [-0.2, 0) is 11.2 Å². The topological polar surface area (TPSA) is 99.3 Å². The number of phenolic OH excluding ortho intramolecular Hbond substituents is 1. The fourth-order valence-corrected chi connectivity index (χ4v) is 1.66. The zero-order valence-electron chi connectivity index (χ0n) is 8.47. The van der Waals surface area contributed by atoms with Gasteiger partial charge in [0, 0.05) is 23.5 Å². The molecule has 0 aliphatic carbocycles. The Morgan fingerprint density at radius 3 is 2.94 bits per heavy atom. The summed E-state index contributed by atoms with van der Waals surface area (Å²) in [5, 5.41) is 18.9. The molecule has 1 aromatic heterocycles. The predicted molar refractivity (Wildman–Crippen MR) is 59.3 cm³/mol. The Hall–Kier alpha value is -2.01. The Morgan fingerprint density at radius 1 is 1.50 bits per heavy atom. The molecular weight excluding hydrogens is 207 g/mol. The van der Waals surface area contributed by atoms with Gasteiger partial charge in [0.15, 0.2) is 0 Å². The number of carboxylic acids is 1. The molecule has 0 fully saturated rings. The van der Waals surface area contributed by atoms with Crippen LogP contribution >= 0.6 is 0 Å². The highest BCUT2D eigenvalue weighted by Gasteiger charge is 2.14. The number of rotatable bonds is 3. The van der Waals surface area contributed by atoms with Gasteiger partial charge in [-0.3, -0.25) is 4.79 Å². The summed E-state index contributed by atoms with van der Waals surface area (Å²) >= 11 is 0. The lowest BCUT2D eigenvalue weighted by Gasteiger charge is -2.04. The molecule has 1 heterocycles. The first-order valence-corrected chi connectivity index (χ1v) is 4.85. The number of hydrogen-bond acceptors (Lipinski definition) is 3. The number of carbonyl (C=O) groups is 1. The molecule has 2 rings (SSSR count). The zero-order chi connectivity index (χ0) is 11.7. The molecule has 0 amide bonds. The van der Waals surface area contributed by atoms with E-state index in [9.17, 15) is 9.90 Å². The molecule has 2 aromatic rings. The Labute approximate surface area is 91.5 Å². The number of phenols is 1. The van der Waals surface area contributed by atoms with Gasteiger partial charge in [-0.05, 0) is 23.8 Å². The minimum absolute atomic E-state index is 0.150. The number of aromatic amines is 1. The van der Waals surface area contributed by atoms with Crippen molar-refractivity contribution in [3.63, 3.8) is 0 Å². The summed E-state index contributed by atoms with van der Waals surface area (Å²) in [6.45, 7) is 0. The van der Waals surface area contributed by atoms with Crippen LogP contribution in [0.4, 0.5) is 0 Å². The second kappa shape index (κ2) is 3.86. The lowest BCUT2D eigenvalue weighted by Crippen LogP contribution is -2.32. The molecule has 1 atom stereocenters. The van der Waals surface area contributed by atoms with Gasteiger partial charge < -0.3 is 20.9 Å². The smallest absolute Gasteiger partial charge is 0.320 e. The Morgan fingerprint density at radius 2 is 2.25 bits per heavy atom. The molecule has 0 saturated carbocycles. The summed E-state index contributed by atoms with van der Waals surface area (Å²) in [4.78, 5) is 13.6. The summed E-state index contributed by atoms with van der Waals surface area (Å²) in [5.41, 5.74) is 7.11. The fraction of sp³-hybridized carbons (Fsp3) is 0.182. The van der Waals surface area contributed by atoms with Crippen LogP contribution in [-0.4, -0.2) is 27.2 Å². The second-order valence-electron chi connectivity index (χ2n) is 3.69. The predicted octanol–water partition coefficient (Wildman–Crippen LogP) is 0.828. The van der Waals surface area contributed by atoms with Crippen LogP contribution in [0.2, 0.25) is 0 Å². The molecule has 5 N–H and O–H groups in total. The van der Waals surface area contributed by atoms with E-state index in [-0.39, 0.29) is 12.2 Å². The molecule has 0 unspecified atom stereocenters. The summed E-state index contributed by atoms with van der Waals surface area (Å²) in [6.07, 6.45) is 1.95. The summed E-state index contributed by atoms with van der Waals surface area (Å²) in [7, 11) is 0. The minimum Gasteiger partial charge on any atom is -0.508 e. The molecule has 5 heteroatoms. The summed E-state index contributed by atoms with van der Waals surface area (Å²) in [6, 6.07) is 3.97. The van der Waals surface area contributed by atoms with E-state index in [2.05, 4.69) is 4.98 Å². The molecule has 16 heavy (non-hydrogen) atoms. The number of aliphatic carboxylic acids is 1. The van der Waals surface area contributed by atoms with Crippen molar-refractivity contribution in [2.45, 2.75) is 12.5 Å². The number of nitrogens with two attached hydrogens (primary N) is 1. The van der Waals surface area contributed by atoms with Gasteiger partial charge in [0.1, 0.15) is 11.8 Å². The average molecular weight is 219 g/mol. The lowest BCUT2D eigenvalue weighted by molar-refractivity contribution is -0.138. The maximum Gasteiger partial charge on any atom is 0.320 e. The van der Waals surface area contributed by atoms with Crippen LogP contribution in [0.25, 0.3) is 10.9 Å². The van der Waals surface area contributed by atoms with Gasteiger partial charge in [-0.15, -0.1) is 0 Å². The van der Waals surface area contributed by atoms with Crippen molar-refractivity contribution in [3.05, 3.63) is 30.0 Å². The van der Waals surface area contributed by atoms with E-state index in [1.807, 2.05) is 0 Å². The van der Waals surface area contributed by atoms with E-state index in [0.29, 0.717) is 0 Å². The molecule has 0 spiro atoms. The number of fused-ring (bicyclic) bond motifs is 1. The molecule has 1 aromatic carbocycles. The first-order chi connectivity index (χ1) is 7.58. The van der Waals surface area contributed by atoms with Crippen LogP contribution in [0, 0.1) is 0 Å². The summed E-state index contributed by atoms with van der Waals surface area (Å²) < 4.78 is 0. The lowest BCUT2D eigenvalue weighted by atomic mass is 9.73. The van der Waals surface area contributed by atoms with Gasteiger partial charge in [0.05, 0.1) is 0 Å². The van der Waals surface area contributed by atoms with E-state index in [1.165, 1.54) is 0 Å². The third-order valence-electron chi connectivity index (χ3n) is 2.51. The molecule has 0 aliphatic rings. The first kappa shape index (κ1) is 10.5. The van der Waals surface area contributed by atoms with Crippen molar-refractivity contribution in [2.24, 2.45) is 5.73 Å². The van der Waals surface area contributed by atoms with E-state index in [0.717, 1.165) is 16.5 Å². The molecule has 0 bridgehead atoms. The van der Waals surface area contributed by atoms with Gasteiger partial charge in [0.2, 0.25) is 0 Å². The number of nitrogens with one attached hydrogen (secondary N) is 1. The molecule has 5 nitrogen and oxygen atoms in total. The SMILES string of the molecule is N[C@H]([11CH2]c1c[nH]c2ccc(O)cc12)C(=O)O. The molecule has 0 radical (unpaired) electrons.